The van der Waals surface area contributed by atoms with Crippen LogP contribution in [0.3, 0.4) is 0 Å². The highest BCUT2D eigenvalue weighted by Crippen LogP contribution is 2.03. The number of nitrogens with zero attached hydrogens (tertiary/aromatic N) is 3. The number of hydrogen-bond donors (Lipinski definition) is 0. The highest BCUT2D eigenvalue weighted by molar-refractivity contribution is 6.16. The van der Waals surface area contributed by atoms with Crippen molar-refractivity contribution in [2.24, 2.45) is 0 Å². The van der Waals surface area contributed by atoms with Crippen LogP contribution in [0.1, 0.15) is 5.69 Å². The van der Waals surface area contributed by atoms with Gasteiger partial charge in [-0.05, 0) is 12.1 Å². The maximum Gasteiger partial charge on any atom is 0.153 e. The number of hydrogen-bond acceptors (Lipinski definition) is 2. The third kappa shape index (κ3) is 2.46. The van der Waals surface area contributed by atoms with Gasteiger partial charge < -0.3 is 0 Å². The van der Waals surface area contributed by atoms with Gasteiger partial charge in [-0.3, -0.25) is 0 Å². The number of halogens is 3. The average molecular weight is 241 g/mol. The molecule has 2 aromatic heterocycles. The summed E-state index contributed by atoms with van der Waals surface area (Å²) >= 11 is 5.59. The molecule has 0 aliphatic rings. The molecule has 0 radical (unpaired) electrons. The number of imidazole rings is 1. The molecule has 0 unspecified atom stereocenters. The van der Waals surface area contributed by atoms with Crippen molar-refractivity contribution in [1.82, 2.24) is 14.6 Å². The molecule has 0 saturated carbocycles. The number of fused-ring (bicyclic) bond motifs is 1. The first kappa shape index (κ1) is 12.5. The molecule has 0 aliphatic carbocycles. The summed E-state index contributed by atoms with van der Waals surface area (Å²) in [6.07, 6.45) is 3.54. The molecular formula is C7H8Cl3N3. The van der Waals surface area contributed by atoms with Gasteiger partial charge in [-0.2, -0.15) is 5.10 Å². The highest BCUT2D eigenvalue weighted by atomic mass is 35.5. The van der Waals surface area contributed by atoms with E-state index in [-0.39, 0.29) is 24.8 Å². The van der Waals surface area contributed by atoms with E-state index in [1.807, 2.05) is 18.3 Å². The normalized spacial score (nSPS) is 9.00. The number of aromatic nitrogens is 3. The Morgan fingerprint density at radius 1 is 1.38 bits per heavy atom. The van der Waals surface area contributed by atoms with Gasteiger partial charge >= 0.3 is 0 Å². The van der Waals surface area contributed by atoms with Gasteiger partial charge in [0.15, 0.2) is 5.65 Å². The largest absolute Gasteiger partial charge is 0.231 e. The summed E-state index contributed by atoms with van der Waals surface area (Å²) in [5, 5.41) is 4.05. The van der Waals surface area contributed by atoms with E-state index in [4.69, 9.17) is 11.6 Å². The van der Waals surface area contributed by atoms with Crippen LogP contribution in [0.15, 0.2) is 24.5 Å². The second-order valence-electron chi connectivity index (χ2n) is 2.19. The molecule has 72 valence electrons. The lowest BCUT2D eigenvalue weighted by atomic mass is 10.6. The minimum Gasteiger partial charge on any atom is -0.231 e. The topological polar surface area (TPSA) is 30.2 Å². The monoisotopic (exact) mass is 239 g/mol. The van der Waals surface area contributed by atoms with E-state index in [2.05, 4.69) is 10.1 Å². The molecule has 0 aromatic carbocycles. The summed E-state index contributed by atoms with van der Waals surface area (Å²) < 4.78 is 1.71. The van der Waals surface area contributed by atoms with Crippen LogP contribution in [0.4, 0.5) is 0 Å². The van der Waals surface area contributed by atoms with Crippen LogP contribution in [0.25, 0.3) is 5.65 Å². The van der Waals surface area contributed by atoms with Crippen molar-refractivity contribution in [3.8, 4) is 0 Å². The van der Waals surface area contributed by atoms with Crippen molar-refractivity contribution in [1.29, 1.82) is 0 Å². The fourth-order valence-electron chi connectivity index (χ4n) is 0.944. The zero-order valence-electron chi connectivity index (χ0n) is 6.55. The molecule has 3 nitrogen and oxygen atoms in total. The van der Waals surface area contributed by atoms with E-state index in [1.54, 1.807) is 10.7 Å². The molecule has 6 heteroatoms. The van der Waals surface area contributed by atoms with Gasteiger partial charge in [0, 0.05) is 6.20 Å². The Bertz CT molecular complexity index is 341. The molecular weight excluding hydrogens is 232 g/mol. The molecule has 2 aromatic rings. The summed E-state index contributed by atoms with van der Waals surface area (Å²) in [7, 11) is 0. The lowest BCUT2D eigenvalue weighted by molar-refractivity contribution is 0.934. The molecule has 0 amide bonds. The van der Waals surface area contributed by atoms with E-state index in [9.17, 15) is 0 Å². The molecule has 0 atom stereocenters. The van der Waals surface area contributed by atoms with Crippen molar-refractivity contribution >= 4 is 42.1 Å². The quantitative estimate of drug-likeness (QED) is 0.716. The number of alkyl halides is 1. The highest BCUT2D eigenvalue weighted by Gasteiger charge is 1.97. The Labute approximate surface area is 92.9 Å². The SMILES string of the molecule is Cl.Cl.ClCc1cn2ncccc2n1. The third-order valence-electron chi connectivity index (χ3n) is 1.42. The fourth-order valence-corrected chi connectivity index (χ4v) is 1.07. The van der Waals surface area contributed by atoms with Crippen molar-refractivity contribution < 1.29 is 0 Å². The van der Waals surface area contributed by atoms with E-state index >= 15 is 0 Å². The average Bonchev–Trinajstić information content (AvgIpc) is 2.46. The molecule has 2 heterocycles. The minimum absolute atomic E-state index is 0. The Hall–Kier alpha value is -0.510. The van der Waals surface area contributed by atoms with Crippen LogP contribution in [0.5, 0.6) is 0 Å². The van der Waals surface area contributed by atoms with Gasteiger partial charge in [0.05, 0.1) is 17.8 Å². The van der Waals surface area contributed by atoms with Crippen molar-refractivity contribution in [2.45, 2.75) is 5.88 Å². The van der Waals surface area contributed by atoms with E-state index in [1.165, 1.54) is 0 Å². The first-order valence-electron chi connectivity index (χ1n) is 3.25. The van der Waals surface area contributed by atoms with Crippen LogP contribution >= 0.6 is 36.4 Å². The summed E-state index contributed by atoms with van der Waals surface area (Å²) in [6.45, 7) is 0. The molecule has 0 N–H and O–H groups in total. The predicted molar refractivity (Wildman–Crippen MR) is 57.0 cm³/mol. The summed E-state index contributed by atoms with van der Waals surface area (Å²) in [4.78, 5) is 4.20. The zero-order chi connectivity index (χ0) is 7.68. The van der Waals surface area contributed by atoms with Gasteiger partial charge in [-0.15, -0.1) is 36.4 Å². The van der Waals surface area contributed by atoms with E-state index in [0.717, 1.165) is 11.3 Å². The van der Waals surface area contributed by atoms with Crippen LogP contribution in [0.2, 0.25) is 0 Å². The van der Waals surface area contributed by atoms with Crippen LogP contribution in [0, 0.1) is 0 Å². The van der Waals surface area contributed by atoms with Crippen LogP contribution in [-0.4, -0.2) is 14.6 Å². The Morgan fingerprint density at radius 3 is 2.77 bits per heavy atom. The van der Waals surface area contributed by atoms with Gasteiger partial charge in [0.2, 0.25) is 0 Å². The lowest BCUT2D eigenvalue weighted by Gasteiger charge is -1.85. The van der Waals surface area contributed by atoms with Crippen LogP contribution in [-0.2, 0) is 5.88 Å². The van der Waals surface area contributed by atoms with Crippen molar-refractivity contribution in [3.05, 3.63) is 30.2 Å². The molecule has 0 bridgehead atoms. The van der Waals surface area contributed by atoms with E-state index < -0.39 is 0 Å². The fraction of sp³-hybridized carbons (Fsp3) is 0.143. The lowest BCUT2D eigenvalue weighted by Crippen LogP contribution is -1.85. The van der Waals surface area contributed by atoms with Gasteiger partial charge in [0.25, 0.3) is 0 Å². The molecule has 0 spiro atoms. The summed E-state index contributed by atoms with van der Waals surface area (Å²) in [6, 6.07) is 3.74. The molecule has 2 rings (SSSR count). The van der Waals surface area contributed by atoms with E-state index in [0.29, 0.717) is 5.88 Å². The molecule has 0 fully saturated rings. The van der Waals surface area contributed by atoms with Gasteiger partial charge in [-0.25, -0.2) is 9.50 Å². The Balaban J connectivity index is 0.000000720. The second-order valence-corrected chi connectivity index (χ2v) is 2.46. The summed E-state index contributed by atoms with van der Waals surface area (Å²) in [5.41, 5.74) is 1.69. The third-order valence-corrected chi connectivity index (χ3v) is 1.70. The Kier molecular flexibility index (Phi) is 5.06. The zero-order valence-corrected chi connectivity index (χ0v) is 8.94. The van der Waals surface area contributed by atoms with Crippen molar-refractivity contribution in [2.75, 3.05) is 0 Å². The maximum absolute atomic E-state index is 5.59. The molecule has 13 heavy (non-hydrogen) atoms. The molecule has 0 aliphatic heterocycles. The van der Waals surface area contributed by atoms with Gasteiger partial charge in [-0.1, -0.05) is 0 Å². The first-order chi connectivity index (χ1) is 5.40. The standard InChI is InChI=1S/C7H6ClN3.2ClH/c8-4-6-5-11-7(10-6)2-1-3-9-11;;/h1-3,5H,4H2;2*1H. The van der Waals surface area contributed by atoms with Gasteiger partial charge in [0.1, 0.15) is 0 Å². The number of rotatable bonds is 1. The predicted octanol–water partition coefficient (Wildman–Crippen LogP) is 2.31. The second kappa shape index (κ2) is 5.27. The minimum atomic E-state index is 0. The molecule has 0 saturated heterocycles. The first-order valence-corrected chi connectivity index (χ1v) is 3.79. The summed E-state index contributed by atoms with van der Waals surface area (Å²) in [5.74, 6) is 0.434. The Morgan fingerprint density at radius 2 is 2.15 bits per heavy atom. The smallest absolute Gasteiger partial charge is 0.153 e. The van der Waals surface area contributed by atoms with Crippen molar-refractivity contribution in [3.63, 3.8) is 0 Å². The maximum atomic E-state index is 5.59. The van der Waals surface area contributed by atoms with Crippen LogP contribution < -0.4 is 0 Å².